The Morgan fingerprint density at radius 3 is 1.93 bits per heavy atom. The molecule has 0 aromatic carbocycles. The molecule has 1 rings (SSSR count). The van der Waals surface area contributed by atoms with E-state index in [1.807, 2.05) is 0 Å². The van der Waals surface area contributed by atoms with E-state index in [1.54, 1.807) is 0 Å². The Bertz CT molecular complexity index is 193. The standard InChI is InChI=1S/C12H26OSi/c1-7-12(9-8-10-12)13-14(5,6)11(2,3)4/h7-10H2,1-6H3. The van der Waals surface area contributed by atoms with E-state index >= 15 is 0 Å². The van der Waals surface area contributed by atoms with Gasteiger partial charge in [-0.3, -0.25) is 0 Å². The molecule has 0 radical (unpaired) electrons. The fourth-order valence-corrected chi connectivity index (χ4v) is 3.53. The summed E-state index contributed by atoms with van der Waals surface area (Å²) < 4.78 is 6.51. The summed E-state index contributed by atoms with van der Waals surface area (Å²) in [6.45, 7) is 14.0. The summed E-state index contributed by atoms with van der Waals surface area (Å²) >= 11 is 0. The maximum Gasteiger partial charge on any atom is 0.192 e. The average Bonchev–Trinajstić information content (AvgIpc) is 1.94. The van der Waals surface area contributed by atoms with Crippen LogP contribution >= 0.6 is 0 Å². The third-order valence-electron chi connectivity index (χ3n) is 4.19. The van der Waals surface area contributed by atoms with Crippen molar-refractivity contribution in [2.24, 2.45) is 0 Å². The second-order valence-electron chi connectivity index (χ2n) is 6.25. The van der Waals surface area contributed by atoms with E-state index in [0.29, 0.717) is 5.04 Å². The summed E-state index contributed by atoms with van der Waals surface area (Å²) in [5, 5.41) is 0.352. The van der Waals surface area contributed by atoms with Crippen molar-refractivity contribution in [3.63, 3.8) is 0 Å². The molecule has 0 aromatic rings. The van der Waals surface area contributed by atoms with Crippen molar-refractivity contribution in [2.45, 2.75) is 77.1 Å². The second-order valence-corrected chi connectivity index (χ2v) is 11.0. The van der Waals surface area contributed by atoms with Gasteiger partial charge in [-0.1, -0.05) is 27.7 Å². The van der Waals surface area contributed by atoms with Gasteiger partial charge in [0.15, 0.2) is 8.32 Å². The molecule has 0 aliphatic heterocycles. The van der Waals surface area contributed by atoms with E-state index in [4.69, 9.17) is 4.43 Å². The molecule has 0 aromatic heterocycles. The van der Waals surface area contributed by atoms with Crippen LogP contribution in [0.25, 0.3) is 0 Å². The van der Waals surface area contributed by atoms with Gasteiger partial charge in [-0.2, -0.15) is 0 Å². The van der Waals surface area contributed by atoms with Crippen LogP contribution in [0.1, 0.15) is 53.4 Å². The molecule has 0 bridgehead atoms. The highest BCUT2D eigenvalue weighted by Crippen LogP contribution is 2.46. The Morgan fingerprint density at radius 1 is 1.21 bits per heavy atom. The van der Waals surface area contributed by atoms with Crippen molar-refractivity contribution in [3.05, 3.63) is 0 Å². The maximum absolute atomic E-state index is 6.51. The zero-order valence-electron chi connectivity index (χ0n) is 10.7. The first kappa shape index (κ1) is 12.2. The van der Waals surface area contributed by atoms with Crippen molar-refractivity contribution in [1.29, 1.82) is 0 Å². The molecule has 1 saturated carbocycles. The average molecular weight is 214 g/mol. The molecule has 0 N–H and O–H groups in total. The molecule has 1 fully saturated rings. The third kappa shape index (κ3) is 2.22. The monoisotopic (exact) mass is 214 g/mol. The molecule has 1 aliphatic rings. The Hall–Kier alpha value is 0.177. The van der Waals surface area contributed by atoms with Crippen LogP contribution in [0.5, 0.6) is 0 Å². The van der Waals surface area contributed by atoms with Crippen molar-refractivity contribution in [2.75, 3.05) is 0 Å². The molecule has 14 heavy (non-hydrogen) atoms. The van der Waals surface area contributed by atoms with E-state index in [0.717, 1.165) is 0 Å². The van der Waals surface area contributed by atoms with E-state index in [9.17, 15) is 0 Å². The minimum atomic E-state index is -1.53. The molecular weight excluding hydrogens is 188 g/mol. The van der Waals surface area contributed by atoms with Gasteiger partial charge in [0.05, 0.1) is 5.60 Å². The first-order valence-electron chi connectivity index (χ1n) is 5.93. The topological polar surface area (TPSA) is 9.23 Å². The lowest BCUT2D eigenvalue weighted by molar-refractivity contribution is -0.0230. The number of rotatable bonds is 3. The maximum atomic E-state index is 6.51. The fraction of sp³-hybridized carbons (Fsp3) is 1.00. The Balaban J connectivity index is 2.66. The smallest absolute Gasteiger partial charge is 0.192 e. The highest BCUT2D eigenvalue weighted by Gasteiger charge is 2.46. The van der Waals surface area contributed by atoms with Gasteiger partial charge in [0.25, 0.3) is 0 Å². The molecule has 0 amide bonds. The lowest BCUT2D eigenvalue weighted by Crippen LogP contribution is -2.52. The number of hydrogen-bond donors (Lipinski definition) is 0. The van der Waals surface area contributed by atoms with Gasteiger partial charge in [-0.25, -0.2) is 0 Å². The van der Waals surface area contributed by atoms with Gasteiger partial charge >= 0.3 is 0 Å². The van der Waals surface area contributed by atoms with Crippen LogP contribution in [-0.2, 0) is 4.43 Å². The summed E-state index contributed by atoms with van der Waals surface area (Å²) in [7, 11) is -1.53. The SMILES string of the molecule is CCC1(O[Si](C)(C)C(C)(C)C)CCC1. The molecule has 0 heterocycles. The Kier molecular flexibility index (Phi) is 3.18. The first-order chi connectivity index (χ1) is 6.22. The van der Waals surface area contributed by atoms with Crippen LogP contribution in [-0.4, -0.2) is 13.9 Å². The van der Waals surface area contributed by atoms with Crippen molar-refractivity contribution in [1.82, 2.24) is 0 Å². The van der Waals surface area contributed by atoms with E-state index in [-0.39, 0.29) is 5.60 Å². The highest BCUT2D eigenvalue weighted by molar-refractivity contribution is 6.74. The summed E-state index contributed by atoms with van der Waals surface area (Å²) in [6, 6.07) is 0. The highest BCUT2D eigenvalue weighted by atomic mass is 28.4. The van der Waals surface area contributed by atoms with Crippen LogP contribution in [0.2, 0.25) is 18.1 Å². The molecule has 1 aliphatic carbocycles. The second kappa shape index (κ2) is 3.64. The van der Waals surface area contributed by atoms with Gasteiger partial charge in [0.1, 0.15) is 0 Å². The van der Waals surface area contributed by atoms with Crippen molar-refractivity contribution >= 4 is 8.32 Å². The molecular formula is C12H26OSi. The minimum Gasteiger partial charge on any atom is -0.411 e. The first-order valence-corrected chi connectivity index (χ1v) is 8.83. The van der Waals surface area contributed by atoms with Crippen LogP contribution in [0.4, 0.5) is 0 Å². The minimum absolute atomic E-state index is 0.267. The van der Waals surface area contributed by atoms with Crippen LogP contribution in [0, 0.1) is 0 Å². The molecule has 0 spiro atoms. The molecule has 0 atom stereocenters. The predicted molar refractivity (Wildman–Crippen MR) is 65.2 cm³/mol. The largest absolute Gasteiger partial charge is 0.411 e. The van der Waals surface area contributed by atoms with Crippen LogP contribution in [0.3, 0.4) is 0 Å². The Labute approximate surface area is 90.4 Å². The summed E-state index contributed by atoms with van der Waals surface area (Å²) in [5.41, 5.74) is 0.267. The molecule has 1 nitrogen and oxygen atoms in total. The van der Waals surface area contributed by atoms with Crippen LogP contribution in [0.15, 0.2) is 0 Å². The lowest BCUT2D eigenvalue weighted by atomic mass is 9.78. The summed E-state index contributed by atoms with van der Waals surface area (Å²) in [5.74, 6) is 0. The molecule has 84 valence electrons. The van der Waals surface area contributed by atoms with Gasteiger partial charge < -0.3 is 4.43 Å². The Morgan fingerprint density at radius 2 is 1.71 bits per heavy atom. The van der Waals surface area contributed by atoms with Crippen molar-refractivity contribution in [3.8, 4) is 0 Å². The summed E-state index contributed by atoms with van der Waals surface area (Å²) in [6.07, 6.45) is 5.13. The quantitative estimate of drug-likeness (QED) is 0.635. The lowest BCUT2D eigenvalue weighted by Gasteiger charge is -2.50. The predicted octanol–water partition coefficient (Wildman–Crippen LogP) is 4.34. The molecule has 2 heteroatoms. The third-order valence-corrected chi connectivity index (χ3v) is 8.74. The van der Waals surface area contributed by atoms with E-state index in [1.165, 1.54) is 25.7 Å². The molecule has 0 unspecified atom stereocenters. The summed E-state index contributed by atoms with van der Waals surface area (Å²) in [4.78, 5) is 0. The zero-order valence-corrected chi connectivity index (χ0v) is 11.7. The van der Waals surface area contributed by atoms with Gasteiger partial charge in [-0.05, 0) is 43.8 Å². The number of hydrogen-bond acceptors (Lipinski definition) is 1. The normalized spacial score (nSPS) is 21.9. The molecule has 0 saturated heterocycles. The zero-order chi connectivity index (χ0) is 11.0. The van der Waals surface area contributed by atoms with E-state index < -0.39 is 8.32 Å². The van der Waals surface area contributed by atoms with E-state index in [2.05, 4.69) is 40.8 Å². The van der Waals surface area contributed by atoms with Gasteiger partial charge in [0.2, 0.25) is 0 Å². The van der Waals surface area contributed by atoms with Gasteiger partial charge in [0, 0.05) is 0 Å². The fourth-order valence-electron chi connectivity index (χ4n) is 1.79. The van der Waals surface area contributed by atoms with Gasteiger partial charge in [-0.15, -0.1) is 0 Å². The van der Waals surface area contributed by atoms with Crippen molar-refractivity contribution < 1.29 is 4.43 Å². The van der Waals surface area contributed by atoms with Crippen LogP contribution < -0.4 is 0 Å².